The van der Waals surface area contributed by atoms with Gasteiger partial charge in [-0.15, -0.1) is 11.8 Å². The number of aryl methyl sites for hydroxylation is 1. The lowest BCUT2D eigenvalue weighted by molar-refractivity contribution is -0.479. The molecule has 2 rings (SSSR count). The third kappa shape index (κ3) is 4.38. The van der Waals surface area contributed by atoms with Gasteiger partial charge in [0, 0.05) is 10.7 Å². The number of hydrogen-bond acceptors (Lipinski definition) is 3. The van der Waals surface area contributed by atoms with Gasteiger partial charge in [-0.05, 0) is 18.1 Å². The summed E-state index contributed by atoms with van der Waals surface area (Å²) in [5.74, 6) is 0.785. The monoisotopic (exact) mass is 287 g/mol. The van der Waals surface area contributed by atoms with Gasteiger partial charge in [-0.3, -0.25) is 10.1 Å². The predicted octanol–water partition coefficient (Wildman–Crippen LogP) is 4.25. The molecular formula is C16H17NO2S. The third-order valence-electron chi connectivity index (χ3n) is 3.06. The van der Waals surface area contributed by atoms with E-state index in [2.05, 4.69) is 0 Å². The van der Waals surface area contributed by atoms with Gasteiger partial charge < -0.3 is 0 Å². The van der Waals surface area contributed by atoms with Crippen LogP contribution in [0.3, 0.4) is 0 Å². The molecule has 0 saturated heterocycles. The standard InChI is InChI=1S/C16H17NO2S/c1-13-7-9-15(10-8-13)16(11-17(18)19)20-12-14-5-3-2-4-6-14/h2-10,16H,11-12H2,1H3. The number of nitrogens with zero attached hydrogens (tertiary/aromatic N) is 1. The van der Waals surface area contributed by atoms with Crippen molar-refractivity contribution >= 4 is 11.8 Å². The van der Waals surface area contributed by atoms with E-state index in [4.69, 9.17) is 0 Å². The normalized spacial score (nSPS) is 12.1. The molecule has 2 aromatic carbocycles. The maximum absolute atomic E-state index is 10.9. The van der Waals surface area contributed by atoms with E-state index in [-0.39, 0.29) is 16.7 Å². The smallest absolute Gasteiger partial charge is 0.219 e. The van der Waals surface area contributed by atoms with Crippen LogP contribution in [0.15, 0.2) is 54.6 Å². The molecule has 0 aromatic heterocycles. The Bertz CT molecular complexity index is 554. The molecule has 0 aliphatic heterocycles. The zero-order chi connectivity index (χ0) is 14.4. The van der Waals surface area contributed by atoms with E-state index < -0.39 is 0 Å². The van der Waals surface area contributed by atoms with E-state index in [1.807, 2.05) is 61.5 Å². The van der Waals surface area contributed by atoms with E-state index in [1.165, 1.54) is 11.1 Å². The van der Waals surface area contributed by atoms with Crippen LogP contribution in [0.5, 0.6) is 0 Å². The molecule has 0 aliphatic carbocycles. The summed E-state index contributed by atoms with van der Waals surface area (Å²) < 4.78 is 0. The van der Waals surface area contributed by atoms with Crippen LogP contribution in [-0.4, -0.2) is 11.5 Å². The summed E-state index contributed by atoms with van der Waals surface area (Å²) in [6.45, 7) is 1.98. The fourth-order valence-electron chi connectivity index (χ4n) is 1.94. The van der Waals surface area contributed by atoms with Crippen LogP contribution in [0.25, 0.3) is 0 Å². The average Bonchev–Trinajstić information content (AvgIpc) is 2.45. The van der Waals surface area contributed by atoms with E-state index in [9.17, 15) is 10.1 Å². The van der Waals surface area contributed by atoms with Crippen molar-refractivity contribution in [3.63, 3.8) is 0 Å². The SMILES string of the molecule is Cc1ccc(C(C[N+](=O)[O-])SCc2ccccc2)cc1. The summed E-state index contributed by atoms with van der Waals surface area (Å²) in [6, 6.07) is 18.0. The predicted molar refractivity (Wildman–Crippen MR) is 83.5 cm³/mol. The first-order valence-corrected chi connectivity index (χ1v) is 7.54. The highest BCUT2D eigenvalue weighted by Crippen LogP contribution is 2.31. The minimum Gasteiger partial charge on any atom is -0.264 e. The van der Waals surface area contributed by atoms with Crippen molar-refractivity contribution in [3.8, 4) is 0 Å². The molecule has 0 amide bonds. The first-order chi connectivity index (χ1) is 9.65. The molecular weight excluding hydrogens is 270 g/mol. The molecule has 4 heteroatoms. The Labute approximate surface area is 123 Å². The molecule has 0 heterocycles. The van der Waals surface area contributed by atoms with E-state index in [1.54, 1.807) is 11.8 Å². The number of benzene rings is 2. The zero-order valence-corrected chi connectivity index (χ0v) is 12.2. The molecule has 0 aliphatic rings. The Hall–Kier alpha value is -1.81. The summed E-state index contributed by atoms with van der Waals surface area (Å²) in [4.78, 5) is 10.6. The number of hydrogen-bond donors (Lipinski definition) is 0. The summed E-state index contributed by atoms with van der Waals surface area (Å²) in [7, 11) is 0. The lowest BCUT2D eigenvalue weighted by Crippen LogP contribution is -2.10. The second-order valence-corrected chi connectivity index (χ2v) is 5.90. The molecule has 0 spiro atoms. The van der Waals surface area contributed by atoms with Crippen LogP contribution >= 0.6 is 11.8 Å². The largest absolute Gasteiger partial charge is 0.264 e. The quantitative estimate of drug-likeness (QED) is 0.589. The number of nitro groups is 1. The van der Waals surface area contributed by atoms with Crippen LogP contribution < -0.4 is 0 Å². The van der Waals surface area contributed by atoms with Gasteiger partial charge in [0.15, 0.2) is 0 Å². The van der Waals surface area contributed by atoms with E-state index in [0.29, 0.717) is 0 Å². The van der Waals surface area contributed by atoms with Crippen LogP contribution in [0.4, 0.5) is 0 Å². The van der Waals surface area contributed by atoms with Gasteiger partial charge in [0.2, 0.25) is 6.54 Å². The Kier molecular flexibility index (Phi) is 5.18. The van der Waals surface area contributed by atoms with E-state index >= 15 is 0 Å². The Morgan fingerprint density at radius 3 is 2.35 bits per heavy atom. The fraction of sp³-hybridized carbons (Fsp3) is 0.250. The van der Waals surface area contributed by atoms with Gasteiger partial charge in [0.05, 0.1) is 5.25 Å². The molecule has 0 N–H and O–H groups in total. The Balaban J connectivity index is 2.07. The molecule has 0 radical (unpaired) electrons. The molecule has 1 atom stereocenters. The van der Waals surface area contributed by atoms with Crippen molar-refractivity contribution < 1.29 is 4.92 Å². The highest BCUT2D eigenvalue weighted by molar-refractivity contribution is 7.98. The Morgan fingerprint density at radius 2 is 1.75 bits per heavy atom. The molecule has 20 heavy (non-hydrogen) atoms. The summed E-state index contributed by atoms with van der Waals surface area (Å²) >= 11 is 1.62. The maximum atomic E-state index is 10.9. The van der Waals surface area contributed by atoms with Crippen molar-refractivity contribution in [2.45, 2.75) is 17.9 Å². The Morgan fingerprint density at radius 1 is 1.10 bits per heavy atom. The van der Waals surface area contributed by atoms with Crippen molar-refractivity contribution in [2.24, 2.45) is 0 Å². The van der Waals surface area contributed by atoms with Crippen molar-refractivity contribution in [2.75, 3.05) is 6.54 Å². The maximum Gasteiger partial charge on any atom is 0.219 e. The van der Waals surface area contributed by atoms with Crippen LogP contribution in [0.1, 0.15) is 21.9 Å². The lowest BCUT2D eigenvalue weighted by Gasteiger charge is -2.13. The van der Waals surface area contributed by atoms with Gasteiger partial charge in [-0.1, -0.05) is 60.2 Å². The van der Waals surface area contributed by atoms with Gasteiger partial charge in [0.1, 0.15) is 0 Å². The van der Waals surface area contributed by atoms with Gasteiger partial charge in [-0.2, -0.15) is 0 Å². The molecule has 0 saturated carbocycles. The second kappa shape index (κ2) is 7.10. The molecule has 0 bridgehead atoms. The topological polar surface area (TPSA) is 43.1 Å². The van der Waals surface area contributed by atoms with Gasteiger partial charge in [0.25, 0.3) is 0 Å². The van der Waals surface area contributed by atoms with Crippen LogP contribution in [-0.2, 0) is 5.75 Å². The third-order valence-corrected chi connectivity index (χ3v) is 4.38. The highest BCUT2D eigenvalue weighted by Gasteiger charge is 2.18. The zero-order valence-electron chi connectivity index (χ0n) is 11.4. The summed E-state index contributed by atoms with van der Waals surface area (Å²) in [5, 5.41) is 10.7. The number of thioether (sulfide) groups is 1. The van der Waals surface area contributed by atoms with Crippen LogP contribution in [0, 0.1) is 17.0 Å². The highest BCUT2D eigenvalue weighted by atomic mass is 32.2. The lowest BCUT2D eigenvalue weighted by atomic mass is 10.1. The van der Waals surface area contributed by atoms with Crippen molar-refractivity contribution in [1.82, 2.24) is 0 Å². The summed E-state index contributed by atoms with van der Waals surface area (Å²) in [5.41, 5.74) is 3.38. The molecule has 2 aromatic rings. The van der Waals surface area contributed by atoms with Crippen molar-refractivity contribution in [1.29, 1.82) is 0 Å². The van der Waals surface area contributed by atoms with Gasteiger partial charge >= 0.3 is 0 Å². The minimum atomic E-state index is -0.234. The average molecular weight is 287 g/mol. The number of rotatable bonds is 6. The van der Waals surface area contributed by atoms with Crippen molar-refractivity contribution in [3.05, 3.63) is 81.4 Å². The molecule has 0 fully saturated rings. The van der Waals surface area contributed by atoms with Crippen LogP contribution in [0.2, 0.25) is 0 Å². The molecule has 1 unspecified atom stereocenters. The van der Waals surface area contributed by atoms with E-state index in [0.717, 1.165) is 11.3 Å². The fourth-order valence-corrected chi connectivity index (χ4v) is 3.10. The first kappa shape index (κ1) is 14.6. The molecule has 104 valence electrons. The molecule has 3 nitrogen and oxygen atoms in total. The minimum absolute atomic E-state index is 0.0411. The summed E-state index contributed by atoms with van der Waals surface area (Å²) in [6.07, 6.45) is 0. The first-order valence-electron chi connectivity index (χ1n) is 6.49. The van der Waals surface area contributed by atoms with Gasteiger partial charge in [-0.25, -0.2) is 0 Å². The second-order valence-electron chi connectivity index (χ2n) is 4.71.